The molecule has 9 nitrogen and oxygen atoms in total. The molecule has 4 atom stereocenters. The number of benzene rings is 3. The molecule has 3 heterocycles. The van der Waals surface area contributed by atoms with Crippen molar-refractivity contribution in [2.75, 3.05) is 4.90 Å². The molecule has 6 rings (SSSR count). The summed E-state index contributed by atoms with van der Waals surface area (Å²) in [6, 6.07) is 19.8. The normalized spacial score (nSPS) is 24.2. The molecule has 0 aliphatic carbocycles. The average molecular weight is 466 g/mol. The Labute approximate surface area is 199 Å². The van der Waals surface area contributed by atoms with Crippen LogP contribution in [0.1, 0.15) is 27.5 Å². The van der Waals surface area contributed by atoms with Crippen molar-refractivity contribution < 1.29 is 19.3 Å². The Morgan fingerprint density at radius 1 is 0.886 bits per heavy atom. The minimum absolute atomic E-state index is 0.0936. The lowest BCUT2D eigenvalue weighted by Gasteiger charge is -2.33. The van der Waals surface area contributed by atoms with Crippen molar-refractivity contribution >= 4 is 35.2 Å². The molecule has 3 aromatic rings. The summed E-state index contributed by atoms with van der Waals surface area (Å²) in [7, 11) is 0. The van der Waals surface area contributed by atoms with E-state index in [2.05, 4.69) is 5.10 Å². The van der Waals surface area contributed by atoms with Gasteiger partial charge in [0.25, 0.3) is 5.69 Å². The van der Waals surface area contributed by atoms with Crippen molar-refractivity contribution in [3.8, 4) is 0 Å². The second-order valence-electron chi connectivity index (χ2n) is 8.71. The lowest BCUT2D eigenvalue weighted by Crippen LogP contribution is -2.44. The summed E-state index contributed by atoms with van der Waals surface area (Å²) < 4.78 is 0. The zero-order chi connectivity index (χ0) is 24.3. The molecule has 0 saturated carbocycles. The van der Waals surface area contributed by atoms with Gasteiger partial charge in [-0.15, -0.1) is 0 Å². The molecule has 172 valence electrons. The molecule has 3 aliphatic rings. The van der Waals surface area contributed by atoms with Gasteiger partial charge in [0, 0.05) is 17.7 Å². The Hall–Kier alpha value is -4.66. The number of hydrogen-bond acceptors (Lipinski definition) is 7. The standard InChI is InChI=1S/C26H18N4O5/c31-24(15-8-6-11-18(13-15)30(34)35)23-21-20(22-19-12-5-4-7-16(19)14-27-29(22)23)25(32)28(26(21)33)17-9-2-1-3-10-17/h1-14,20-23H/t20-,21+,22-,23-/m0/s1. The summed E-state index contributed by atoms with van der Waals surface area (Å²) in [6.45, 7) is 0. The van der Waals surface area contributed by atoms with E-state index in [1.54, 1.807) is 36.5 Å². The van der Waals surface area contributed by atoms with E-state index in [9.17, 15) is 24.5 Å². The lowest BCUT2D eigenvalue weighted by molar-refractivity contribution is -0.384. The van der Waals surface area contributed by atoms with Crippen molar-refractivity contribution in [3.05, 3.63) is 106 Å². The highest BCUT2D eigenvalue weighted by Gasteiger charge is 2.65. The lowest BCUT2D eigenvalue weighted by atomic mass is 9.83. The summed E-state index contributed by atoms with van der Waals surface area (Å²) in [5.41, 5.74) is 1.93. The number of Topliss-reactive ketones (excluding diaryl/α,β-unsaturated/α-hetero) is 1. The van der Waals surface area contributed by atoms with Crippen LogP contribution < -0.4 is 4.90 Å². The molecule has 3 aliphatic heterocycles. The fraction of sp³-hybridized carbons (Fsp3) is 0.154. The molecule has 2 fully saturated rings. The molecule has 2 amide bonds. The first-order valence-corrected chi connectivity index (χ1v) is 11.1. The number of hydrazone groups is 1. The summed E-state index contributed by atoms with van der Waals surface area (Å²) in [4.78, 5) is 53.2. The van der Waals surface area contributed by atoms with Crippen LogP contribution in [0.25, 0.3) is 0 Å². The molecule has 0 bridgehead atoms. The molecule has 35 heavy (non-hydrogen) atoms. The zero-order valence-corrected chi connectivity index (χ0v) is 18.2. The van der Waals surface area contributed by atoms with E-state index in [1.807, 2.05) is 24.3 Å². The number of ketones is 1. The maximum absolute atomic E-state index is 13.8. The number of non-ortho nitro benzene ring substituents is 1. The summed E-state index contributed by atoms with van der Waals surface area (Å²) >= 11 is 0. The van der Waals surface area contributed by atoms with Gasteiger partial charge in [-0.05, 0) is 23.3 Å². The second kappa shape index (κ2) is 7.69. The van der Waals surface area contributed by atoms with Gasteiger partial charge in [-0.1, -0.05) is 54.6 Å². The number of nitrogens with zero attached hydrogens (tertiary/aromatic N) is 4. The van der Waals surface area contributed by atoms with E-state index in [0.717, 1.165) is 16.0 Å². The fourth-order valence-electron chi connectivity index (χ4n) is 5.44. The molecule has 2 saturated heterocycles. The average Bonchev–Trinajstić information content (AvgIpc) is 3.36. The topological polar surface area (TPSA) is 113 Å². The van der Waals surface area contributed by atoms with E-state index in [4.69, 9.17) is 0 Å². The van der Waals surface area contributed by atoms with Gasteiger partial charge in [0.15, 0.2) is 5.78 Å². The first-order chi connectivity index (χ1) is 17.0. The van der Waals surface area contributed by atoms with Crippen LogP contribution in [0.3, 0.4) is 0 Å². The number of rotatable bonds is 4. The molecule has 3 aromatic carbocycles. The summed E-state index contributed by atoms with van der Waals surface area (Å²) in [6.07, 6.45) is 1.62. The number of nitro benzene ring substituents is 1. The molecular formula is C26H18N4O5. The molecule has 0 spiro atoms. The quantitative estimate of drug-likeness (QED) is 0.252. The van der Waals surface area contributed by atoms with E-state index in [-0.39, 0.29) is 17.2 Å². The number of para-hydroxylation sites is 1. The van der Waals surface area contributed by atoms with Crippen molar-refractivity contribution in [1.29, 1.82) is 0 Å². The van der Waals surface area contributed by atoms with E-state index < -0.39 is 40.5 Å². The highest BCUT2D eigenvalue weighted by Crippen LogP contribution is 2.53. The molecule has 0 N–H and O–H groups in total. The number of anilines is 1. The SMILES string of the molecule is O=C(c1cccc([N+](=O)[O-])c1)[C@@H]1[C@@H]2C(=O)N(c3ccccc3)C(=O)[C@@H]2[C@@H]2c3ccccc3C=NN12. The van der Waals surface area contributed by atoms with Crippen LogP contribution in [-0.2, 0) is 9.59 Å². The third-order valence-corrected chi connectivity index (χ3v) is 6.92. The van der Waals surface area contributed by atoms with Crippen LogP contribution in [0.15, 0.2) is 84.0 Å². The van der Waals surface area contributed by atoms with Crippen molar-refractivity contribution in [2.24, 2.45) is 16.9 Å². The predicted octanol–water partition coefficient (Wildman–Crippen LogP) is 3.36. The first kappa shape index (κ1) is 20.9. The van der Waals surface area contributed by atoms with Crippen LogP contribution in [-0.4, -0.2) is 39.8 Å². The van der Waals surface area contributed by atoms with Crippen LogP contribution in [0.5, 0.6) is 0 Å². The number of fused-ring (bicyclic) bond motifs is 5. The fourth-order valence-corrected chi connectivity index (χ4v) is 5.44. The van der Waals surface area contributed by atoms with E-state index >= 15 is 0 Å². The monoisotopic (exact) mass is 466 g/mol. The van der Waals surface area contributed by atoms with Crippen LogP contribution >= 0.6 is 0 Å². The maximum atomic E-state index is 13.8. The third-order valence-electron chi connectivity index (χ3n) is 6.92. The Balaban J connectivity index is 1.50. The van der Waals surface area contributed by atoms with Crippen molar-refractivity contribution in [2.45, 2.75) is 12.1 Å². The summed E-state index contributed by atoms with van der Waals surface area (Å²) in [5, 5.41) is 17.3. The zero-order valence-electron chi connectivity index (χ0n) is 18.2. The molecule has 0 aromatic heterocycles. The van der Waals surface area contributed by atoms with Gasteiger partial charge in [0.2, 0.25) is 11.8 Å². The Bertz CT molecular complexity index is 1440. The van der Waals surface area contributed by atoms with Crippen LogP contribution in [0.2, 0.25) is 0 Å². The Kier molecular flexibility index (Phi) is 4.60. The van der Waals surface area contributed by atoms with Gasteiger partial charge >= 0.3 is 0 Å². The number of amides is 2. The largest absolute Gasteiger partial charge is 0.292 e. The van der Waals surface area contributed by atoms with Crippen LogP contribution in [0, 0.1) is 22.0 Å². The minimum atomic E-state index is -1.08. The Morgan fingerprint density at radius 2 is 1.60 bits per heavy atom. The van der Waals surface area contributed by atoms with Gasteiger partial charge in [-0.2, -0.15) is 5.10 Å². The molecule has 9 heteroatoms. The number of hydrogen-bond donors (Lipinski definition) is 0. The third kappa shape index (κ3) is 3.01. The number of carbonyl (C=O) groups excluding carboxylic acids is 3. The first-order valence-electron chi connectivity index (χ1n) is 11.1. The van der Waals surface area contributed by atoms with Gasteiger partial charge < -0.3 is 0 Å². The van der Waals surface area contributed by atoms with Crippen LogP contribution in [0.4, 0.5) is 11.4 Å². The smallest absolute Gasteiger partial charge is 0.270 e. The predicted molar refractivity (Wildman–Crippen MR) is 126 cm³/mol. The minimum Gasteiger partial charge on any atom is -0.292 e. The maximum Gasteiger partial charge on any atom is 0.270 e. The molecular weight excluding hydrogens is 448 g/mol. The molecule has 0 radical (unpaired) electrons. The van der Waals surface area contributed by atoms with Gasteiger partial charge in [0.1, 0.15) is 6.04 Å². The highest BCUT2D eigenvalue weighted by molar-refractivity contribution is 6.24. The highest BCUT2D eigenvalue weighted by atomic mass is 16.6. The molecule has 0 unspecified atom stereocenters. The second-order valence-corrected chi connectivity index (χ2v) is 8.71. The number of nitro groups is 1. The van der Waals surface area contributed by atoms with E-state index in [0.29, 0.717) is 5.69 Å². The Morgan fingerprint density at radius 3 is 2.37 bits per heavy atom. The van der Waals surface area contributed by atoms with E-state index in [1.165, 1.54) is 29.3 Å². The number of imide groups is 1. The van der Waals surface area contributed by atoms with Crippen molar-refractivity contribution in [3.63, 3.8) is 0 Å². The van der Waals surface area contributed by atoms with Crippen molar-refractivity contribution in [1.82, 2.24) is 5.01 Å². The van der Waals surface area contributed by atoms with Gasteiger partial charge in [0.05, 0.1) is 34.7 Å². The number of carbonyl (C=O) groups is 3. The summed E-state index contributed by atoms with van der Waals surface area (Å²) in [5.74, 6) is -3.16. The van der Waals surface area contributed by atoms with Gasteiger partial charge in [-0.3, -0.25) is 29.5 Å². The van der Waals surface area contributed by atoms with Gasteiger partial charge in [-0.25, -0.2) is 4.90 Å².